The summed E-state index contributed by atoms with van der Waals surface area (Å²) in [6.45, 7) is 0. The van der Waals surface area contributed by atoms with Gasteiger partial charge in [0.25, 0.3) is 0 Å². The van der Waals surface area contributed by atoms with Crippen LogP contribution >= 0.6 is 0 Å². The van der Waals surface area contributed by atoms with Gasteiger partial charge < -0.3 is 4.42 Å². The Morgan fingerprint density at radius 3 is 1.65 bits per heavy atom. The van der Waals surface area contributed by atoms with Gasteiger partial charge in [-0.1, -0.05) is 48.5 Å². The highest BCUT2D eigenvalue weighted by Gasteiger charge is 2.19. The van der Waals surface area contributed by atoms with Crippen LogP contribution in [0.5, 0.6) is 0 Å². The maximum atomic E-state index is 5.67. The molecule has 0 bridgehead atoms. The van der Waals surface area contributed by atoms with Crippen molar-refractivity contribution in [3.63, 3.8) is 0 Å². The van der Waals surface area contributed by atoms with Gasteiger partial charge in [0.15, 0.2) is 11.2 Å². The fourth-order valence-corrected chi connectivity index (χ4v) is 2.97. The van der Waals surface area contributed by atoms with Crippen LogP contribution in [0.3, 0.4) is 0 Å². The predicted molar refractivity (Wildman–Crippen MR) is 71.1 cm³/mol. The Morgan fingerprint density at radius 2 is 1.12 bits per heavy atom. The molecule has 0 aliphatic carbocycles. The molecule has 0 aliphatic heterocycles. The maximum Gasteiger partial charge on any atom is 0.178 e. The molecule has 1 aromatic heterocycles. The monoisotopic (exact) mass is 216 g/mol. The molecular weight excluding hydrogens is 208 g/mol. The zero-order valence-electron chi connectivity index (χ0n) is 9.03. The molecule has 0 spiro atoms. The lowest BCUT2D eigenvalue weighted by molar-refractivity contribution is 0.762. The van der Waals surface area contributed by atoms with E-state index in [1.807, 2.05) is 0 Å². The van der Waals surface area contributed by atoms with E-state index in [9.17, 15) is 0 Å². The van der Waals surface area contributed by atoms with Gasteiger partial charge in [-0.05, 0) is 10.8 Å². The number of rotatable bonds is 0. The van der Waals surface area contributed by atoms with Crippen LogP contribution in [-0.2, 0) is 0 Å². The normalized spacial score (nSPS) is 12.7. The first-order valence-corrected chi connectivity index (χ1v) is 5.81. The predicted octanol–water partition coefficient (Wildman–Crippen LogP) is 4.77. The van der Waals surface area contributed by atoms with E-state index in [4.69, 9.17) is 4.42 Å². The average molecular weight is 216 g/mol. The van der Waals surface area contributed by atoms with Gasteiger partial charge in [-0.2, -0.15) is 0 Å². The first-order valence-electron chi connectivity index (χ1n) is 5.81. The van der Waals surface area contributed by atoms with Crippen molar-refractivity contribution >= 4 is 43.5 Å². The largest absolute Gasteiger partial charge is 0.448 e. The summed E-state index contributed by atoms with van der Waals surface area (Å²) in [5.74, 6) is 0. The Bertz CT molecular complexity index is 896. The first-order chi connectivity index (χ1) is 8.43. The van der Waals surface area contributed by atoms with Gasteiger partial charge in [0.2, 0.25) is 0 Å². The van der Waals surface area contributed by atoms with Crippen LogP contribution in [-0.4, -0.2) is 0 Å². The van der Waals surface area contributed by atoms with E-state index in [1.165, 1.54) is 32.3 Å². The highest BCUT2D eigenvalue weighted by atomic mass is 16.4. The second-order valence-corrected chi connectivity index (χ2v) is 4.63. The van der Waals surface area contributed by atoms with Crippen molar-refractivity contribution in [2.24, 2.45) is 0 Å². The molecule has 5 aromatic rings. The molecule has 1 heteroatoms. The molecule has 0 atom stereocenters. The lowest BCUT2D eigenvalue weighted by Gasteiger charge is -2.07. The molecule has 1 nitrogen and oxygen atoms in total. The highest BCUT2D eigenvalue weighted by molar-refractivity contribution is 6.33. The maximum absolute atomic E-state index is 5.67. The van der Waals surface area contributed by atoms with Crippen molar-refractivity contribution < 1.29 is 4.42 Å². The minimum atomic E-state index is 1.07. The van der Waals surface area contributed by atoms with Crippen molar-refractivity contribution in [3.8, 4) is 0 Å². The summed E-state index contributed by atoms with van der Waals surface area (Å²) in [5, 5.41) is 7.78. The van der Waals surface area contributed by atoms with E-state index < -0.39 is 0 Å². The van der Waals surface area contributed by atoms with E-state index in [0.717, 1.165) is 11.2 Å². The Balaban J connectivity index is 2.35. The Labute approximate surface area is 96.9 Å². The second-order valence-electron chi connectivity index (χ2n) is 4.63. The SMILES string of the molecule is c1cc2ccc3cccc4c5oc5c(c1)c2c34. The molecule has 4 aromatic carbocycles. The summed E-state index contributed by atoms with van der Waals surface area (Å²) in [4.78, 5) is 0. The van der Waals surface area contributed by atoms with Crippen molar-refractivity contribution in [3.05, 3.63) is 48.5 Å². The Kier molecular flexibility index (Phi) is 1.09. The van der Waals surface area contributed by atoms with Crippen molar-refractivity contribution in [1.82, 2.24) is 0 Å². The van der Waals surface area contributed by atoms with E-state index in [0.29, 0.717) is 0 Å². The Morgan fingerprint density at radius 1 is 0.588 bits per heavy atom. The summed E-state index contributed by atoms with van der Waals surface area (Å²) in [6, 6.07) is 17.2. The van der Waals surface area contributed by atoms with Gasteiger partial charge in [0.05, 0.1) is 0 Å². The molecule has 0 saturated carbocycles. The van der Waals surface area contributed by atoms with Crippen LogP contribution in [0.25, 0.3) is 43.5 Å². The van der Waals surface area contributed by atoms with Crippen LogP contribution in [0.2, 0.25) is 0 Å². The lowest BCUT2D eigenvalue weighted by atomic mass is 9.95. The van der Waals surface area contributed by atoms with Gasteiger partial charge >= 0.3 is 0 Å². The van der Waals surface area contributed by atoms with E-state index in [1.54, 1.807) is 0 Å². The molecule has 0 amide bonds. The standard InChI is InChI=1S/C16H8O/c1-3-9-7-8-10-4-2-6-12-14(10)13(9)11(5-1)15-16(12)17-15/h1-8H. The zero-order valence-corrected chi connectivity index (χ0v) is 9.03. The van der Waals surface area contributed by atoms with Gasteiger partial charge in [-0.3, -0.25) is 0 Å². The summed E-state index contributed by atoms with van der Waals surface area (Å²) >= 11 is 0. The molecule has 17 heavy (non-hydrogen) atoms. The number of fused-ring (bicyclic) bond motifs is 3. The zero-order chi connectivity index (χ0) is 11.0. The average Bonchev–Trinajstić information content (AvgIpc) is 3.17. The molecule has 0 radical (unpaired) electrons. The molecule has 0 fully saturated rings. The molecule has 5 rings (SSSR count). The summed E-state index contributed by atoms with van der Waals surface area (Å²) in [7, 11) is 0. The summed E-state index contributed by atoms with van der Waals surface area (Å²) < 4.78 is 5.67. The molecule has 0 saturated heterocycles. The van der Waals surface area contributed by atoms with Gasteiger partial charge in [-0.25, -0.2) is 0 Å². The quantitative estimate of drug-likeness (QED) is 0.340. The van der Waals surface area contributed by atoms with Gasteiger partial charge in [0.1, 0.15) is 0 Å². The molecule has 0 unspecified atom stereocenters. The van der Waals surface area contributed by atoms with Crippen LogP contribution in [0, 0.1) is 0 Å². The summed E-state index contributed by atoms with van der Waals surface area (Å²) in [5.41, 5.74) is 2.14. The molecule has 1 heterocycles. The van der Waals surface area contributed by atoms with E-state index >= 15 is 0 Å². The van der Waals surface area contributed by atoms with Crippen LogP contribution in [0.4, 0.5) is 0 Å². The molecule has 0 aliphatic rings. The third kappa shape index (κ3) is 0.794. The molecule has 78 valence electrons. The van der Waals surface area contributed by atoms with Gasteiger partial charge in [0, 0.05) is 21.5 Å². The smallest absolute Gasteiger partial charge is 0.178 e. The van der Waals surface area contributed by atoms with Crippen molar-refractivity contribution in [1.29, 1.82) is 0 Å². The topological polar surface area (TPSA) is 13.1 Å². The Hall–Kier alpha value is -2.28. The fraction of sp³-hybridized carbons (Fsp3) is 0. The van der Waals surface area contributed by atoms with Gasteiger partial charge in [-0.15, -0.1) is 0 Å². The number of benzene rings is 4. The third-order valence-electron chi connectivity index (χ3n) is 3.74. The highest BCUT2D eigenvalue weighted by Crippen LogP contribution is 2.44. The van der Waals surface area contributed by atoms with Crippen LogP contribution in [0.15, 0.2) is 52.9 Å². The summed E-state index contributed by atoms with van der Waals surface area (Å²) in [6.07, 6.45) is 0. The minimum absolute atomic E-state index is 1.07. The van der Waals surface area contributed by atoms with E-state index in [2.05, 4.69) is 48.5 Å². The van der Waals surface area contributed by atoms with Crippen LogP contribution in [0.1, 0.15) is 0 Å². The molecular formula is C16H8O. The number of hydrogen-bond donors (Lipinski definition) is 0. The number of hydrogen-bond acceptors (Lipinski definition) is 1. The van der Waals surface area contributed by atoms with Crippen molar-refractivity contribution in [2.75, 3.05) is 0 Å². The minimum Gasteiger partial charge on any atom is -0.448 e. The first kappa shape index (κ1) is 7.91. The molecule has 0 N–H and O–H groups in total. The van der Waals surface area contributed by atoms with E-state index in [-0.39, 0.29) is 0 Å². The second kappa shape index (κ2) is 2.35. The fourth-order valence-electron chi connectivity index (χ4n) is 2.97. The third-order valence-corrected chi connectivity index (χ3v) is 3.74. The van der Waals surface area contributed by atoms with Crippen molar-refractivity contribution in [2.45, 2.75) is 0 Å². The van der Waals surface area contributed by atoms with Crippen LogP contribution < -0.4 is 0 Å². The lowest BCUT2D eigenvalue weighted by Crippen LogP contribution is -1.81.